The third-order valence-electron chi connectivity index (χ3n) is 6.98. The number of sulfonamides is 1. The zero-order valence-electron chi connectivity index (χ0n) is 21.3. The van der Waals surface area contributed by atoms with Crippen LogP contribution < -0.4 is 14.4 Å². The molecule has 208 valence electrons. The fourth-order valence-corrected chi connectivity index (χ4v) is 6.38. The van der Waals surface area contributed by atoms with Gasteiger partial charge in [0.25, 0.3) is 10.0 Å². The van der Waals surface area contributed by atoms with Gasteiger partial charge >= 0.3 is 6.18 Å². The van der Waals surface area contributed by atoms with Gasteiger partial charge in [0.2, 0.25) is 5.91 Å². The van der Waals surface area contributed by atoms with Gasteiger partial charge in [-0.2, -0.15) is 13.2 Å². The van der Waals surface area contributed by atoms with Crippen molar-refractivity contribution in [1.82, 2.24) is 5.32 Å². The molecule has 0 unspecified atom stereocenters. The highest BCUT2D eigenvalue weighted by Gasteiger charge is 2.40. The Balaban J connectivity index is 1.71. The fourth-order valence-electron chi connectivity index (χ4n) is 4.72. The van der Waals surface area contributed by atoms with Crippen LogP contribution in [0.15, 0.2) is 77.7 Å². The highest BCUT2D eigenvalue weighted by molar-refractivity contribution is 7.92. The first-order chi connectivity index (χ1) is 18.4. The summed E-state index contributed by atoms with van der Waals surface area (Å²) in [4.78, 5) is 13.2. The first-order valence-electron chi connectivity index (χ1n) is 12.4. The number of rotatable bonds is 8. The number of halogens is 4. The molecular weight excluding hydrogens is 553 g/mol. The van der Waals surface area contributed by atoms with Crippen LogP contribution in [0.5, 0.6) is 5.75 Å². The topological polar surface area (TPSA) is 75.7 Å². The quantitative estimate of drug-likeness (QED) is 0.320. The van der Waals surface area contributed by atoms with Gasteiger partial charge in [-0.15, -0.1) is 0 Å². The largest absolute Gasteiger partial charge is 0.487 e. The molecule has 0 radical (unpaired) electrons. The van der Waals surface area contributed by atoms with Gasteiger partial charge in [0.15, 0.2) is 0 Å². The summed E-state index contributed by atoms with van der Waals surface area (Å²) in [5, 5.41) is 2.32. The Labute approximate surface area is 230 Å². The molecule has 0 aliphatic carbocycles. The number of amides is 1. The van der Waals surface area contributed by atoms with Crippen molar-refractivity contribution in [3.63, 3.8) is 0 Å². The Bertz CT molecular complexity index is 1440. The molecule has 3 aromatic rings. The number of nitrogens with one attached hydrogen (secondary N) is 1. The smallest absolute Gasteiger partial charge is 0.417 e. The van der Waals surface area contributed by atoms with Gasteiger partial charge in [-0.3, -0.25) is 9.10 Å². The van der Waals surface area contributed by atoms with Crippen LogP contribution >= 0.6 is 11.6 Å². The van der Waals surface area contributed by atoms with Crippen LogP contribution in [0.4, 0.5) is 18.9 Å². The maximum Gasteiger partial charge on any atom is 0.417 e. The van der Waals surface area contributed by atoms with Crippen molar-refractivity contribution in [2.24, 2.45) is 0 Å². The monoisotopic (exact) mass is 580 g/mol. The van der Waals surface area contributed by atoms with Crippen LogP contribution in [0.3, 0.4) is 0 Å². The number of alkyl halides is 3. The summed E-state index contributed by atoms with van der Waals surface area (Å²) in [5.74, 6) is -0.0557. The number of ether oxygens (including phenoxy) is 1. The van der Waals surface area contributed by atoms with Crippen molar-refractivity contribution in [2.75, 3.05) is 10.8 Å². The van der Waals surface area contributed by atoms with Gasteiger partial charge in [-0.1, -0.05) is 61.8 Å². The average Bonchev–Trinajstić information content (AvgIpc) is 2.91. The molecule has 0 saturated heterocycles. The third kappa shape index (κ3) is 6.01. The summed E-state index contributed by atoms with van der Waals surface area (Å²) >= 11 is 5.77. The number of carbonyl (C=O) groups is 1. The number of para-hydroxylation sites is 1. The summed E-state index contributed by atoms with van der Waals surface area (Å²) in [7, 11) is -4.42. The molecule has 1 amide bonds. The van der Waals surface area contributed by atoms with Gasteiger partial charge < -0.3 is 10.1 Å². The van der Waals surface area contributed by atoms with Crippen molar-refractivity contribution in [3.8, 4) is 5.75 Å². The first-order valence-corrected chi connectivity index (χ1v) is 14.2. The minimum atomic E-state index is -4.83. The Morgan fingerprint density at radius 3 is 2.33 bits per heavy atom. The van der Waals surface area contributed by atoms with E-state index in [0.717, 1.165) is 17.7 Å². The normalized spacial score (nSPS) is 16.6. The molecule has 0 aromatic heterocycles. The predicted molar refractivity (Wildman–Crippen MR) is 143 cm³/mol. The number of anilines is 1. The molecule has 1 aliphatic rings. The summed E-state index contributed by atoms with van der Waals surface area (Å²) in [5.41, 5.74) is -1.33. The van der Waals surface area contributed by atoms with Crippen LogP contribution in [0.2, 0.25) is 5.02 Å². The van der Waals surface area contributed by atoms with Gasteiger partial charge in [0.1, 0.15) is 17.9 Å². The van der Waals surface area contributed by atoms with E-state index in [1.807, 2.05) is 38.1 Å². The van der Waals surface area contributed by atoms with Gasteiger partial charge in [0, 0.05) is 12.0 Å². The molecule has 1 aliphatic heterocycles. The second-order valence-electron chi connectivity index (χ2n) is 9.34. The summed E-state index contributed by atoms with van der Waals surface area (Å²) in [6, 6.07) is 16.7. The summed E-state index contributed by atoms with van der Waals surface area (Å²) < 4.78 is 75.0. The fraction of sp³-hybridized carbons (Fsp3) is 0.321. The Morgan fingerprint density at radius 2 is 1.69 bits per heavy atom. The van der Waals surface area contributed by atoms with E-state index >= 15 is 0 Å². The van der Waals surface area contributed by atoms with Crippen LogP contribution in [0, 0.1) is 0 Å². The van der Waals surface area contributed by atoms with E-state index in [1.54, 1.807) is 6.07 Å². The molecule has 11 heteroatoms. The van der Waals surface area contributed by atoms with Crippen molar-refractivity contribution in [1.29, 1.82) is 0 Å². The van der Waals surface area contributed by atoms with E-state index in [2.05, 4.69) is 5.32 Å². The van der Waals surface area contributed by atoms with Crippen molar-refractivity contribution < 1.29 is 31.1 Å². The zero-order valence-corrected chi connectivity index (χ0v) is 22.9. The Hall–Kier alpha value is -3.24. The average molecular weight is 581 g/mol. The van der Waals surface area contributed by atoms with Crippen molar-refractivity contribution in [3.05, 3.63) is 88.9 Å². The van der Waals surface area contributed by atoms with Crippen molar-refractivity contribution in [2.45, 2.75) is 55.8 Å². The standard InChI is InChI=1S/C28H28ClF3N2O4S/c1-3-27(4-2)17-24(21-12-8-9-13-25(21)38-27)33-26(35)18-34(39(36,37)20-10-6-5-7-11-20)19-14-15-23(29)22(16-19)28(30,31)32/h5-16,24H,3-4,17-18H2,1-2H3,(H,33,35)/t24-/m1/s1. The lowest BCUT2D eigenvalue weighted by atomic mass is 9.83. The Morgan fingerprint density at radius 1 is 1.05 bits per heavy atom. The third-order valence-corrected chi connectivity index (χ3v) is 9.10. The van der Waals surface area contributed by atoms with Crippen LogP contribution in [0.25, 0.3) is 0 Å². The van der Waals surface area contributed by atoms with E-state index in [1.165, 1.54) is 24.3 Å². The molecule has 0 spiro atoms. The van der Waals surface area contributed by atoms with E-state index in [9.17, 15) is 26.4 Å². The number of hydrogen-bond acceptors (Lipinski definition) is 4. The molecule has 0 fully saturated rings. The number of hydrogen-bond donors (Lipinski definition) is 1. The molecule has 0 saturated carbocycles. The first kappa shape index (κ1) is 28.8. The molecule has 39 heavy (non-hydrogen) atoms. The second kappa shape index (κ2) is 11.1. The molecule has 6 nitrogen and oxygen atoms in total. The lowest BCUT2D eigenvalue weighted by molar-refractivity contribution is -0.137. The molecule has 1 heterocycles. The zero-order chi connectivity index (χ0) is 28.4. The van der Waals surface area contributed by atoms with E-state index in [-0.39, 0.29) is 10.6 Å². The Kier molecular flexibility index (Phi) is 8.18. The van der Waals surface area contributed by atoms with Gasteiger partial charge in [-0.05, 0) is 49.2 Å². The van der Waals surface area contributed by atoms with E-state index < -0.39 is 50.9 Å². The maximum atomic E-state index is 13.6. The van der Waals surface area contributed by atoms with Crippen LogP contribution in [0.1, 0.15) is 50.3 Å². The maximum absolute atomic E-state index is 13.6. The minimum absolute atomic E-state index is 0.172. The molecule has 3 aromatic carbocycles. The lowest BCUT2D eigenvalue weighted by Crippen LogP contribution is -2.47. The molecule has 1 atom stereocenters. The van der Waals surface area contributed by atoms with Crippen molar-refractivity contribution >= 4 is 33.2 Å². The predicted octanol–water partition coefficient (Wildman–Crippen LogP) is 6.75. The molecule has 1 N–H and O–H groups in total. The highest BCUT2D eigenvalue weighted by atomic mass is 35.5. The SMILES string of the molecule is CCC1(CC)C[C@@H](NC(=O)CN(c2ccc(Cl)c(C(F)(F)F)c2)S(=O)(=O)c2ccccc2)c2ccccc2O1. The van der Waals surface area contributed by atoms with Gasteiger partial charge in [0.05, 0.1) is 27.2 Å². The second-order valence-corrected chi connectivity index (χ2v) is 11.6. The molecular formula is C28H28ClF3N2O4S. The number of carbonyl (C=O) groups excluding carboxylic acids is 1. The summed E-state index contributed by atoms with van der Waals surface area (Å²) in [6.45, 7) is 3.23. The minimum Gasteiger partial charge on any atom is -0.487 e. The molecule has 4 rings (SSSR count). The van der Waals surface area contributed by atoms with Gasteiger partial charge in [-0.25, -0.2) is 8.42 Å². The molecule has 0 bridgehead atoms. The number of benzene rings is 3. The van der Waals surface area contributed by atoms with E-state index in [4.69, 9.17) is 16.3 Å². The number of nitrogens with zero attached hydrogens (tertiary/aromatic N) is 1. The van der Waals surface area contributed by atoms with Crippen LogP contribution in [-0.2, 0) is 21.0 Å². The highest BCUT2D eigenvalue weighted by Crippen LogP contribution is 2.43. The van der Waals surface area contributed by atoms with Crippen LogP contribution in [-0.4, -0.2) is 26.5 Å². The number of fused-ring (bicyclic) bond motifs is 1. The lowest BCUT2D eigenvalue weighted by Gasteiger charge is -2.41. The summed E-state index contributed by atoms with van der Waals surface area (Å²) in [6.07, 6.45) is -3.01. The van der Waals surface area contributed by atoms with E-state index in [0.29, 0.717) is 35.4 Å².